The summed E-state index contributed by atoms with van der Waals surface area (Å²) in [7, 11) is 3.04. The summed E-state index contributed by atoms with van der Waals surface area (Å²) in [6.07, 6.45) is 1.68. The van der Waals surface area contributed by atoms with Crippen LogP contribution in [0.3, 0.4) is 0 Å². The van der Waals surface area contributed by atoms with Crippen molar-refractivity contribution in [2.45, 2.75) is 38.8 Å². The molecule has 2 atom stereocenters. The highest BCUT2D eigenvalue weighted by Crippen LogP contribution is 2.33. The monoisotopic (exact) mass is 430 g/mol. The third-order valence-electron chi connectivity index (χ3n) is 5.35. The van der Waals surface area contributed by atoms with Gasteiger partial charge < -0.3 is 20.1 Å². The number of amides is 2. The Morgan fingerprint density at radius 2 is 1.73 bits per heavy atom. The lowest BCUT2D eigenvalue weighted by molar-refractivity contribution is -0.124. The van der Waals surface area contributed by atoms with Crippen molar-refractivity contribution in [1.29, 1.82) is 0 Å². The summed E-state index contributed by atoms with van der Waals surface area (Å²) in [6, 6.07) is 9.90. The number of nitrogens with one attached hydrogen (secondary N) is 2. The third-order valence-corrected chi connectivity index (χ3v) is 5.58. The maximum absolute atomic E-state index is 13.0. The molecular weight excluding hydrogens is 404 g/mol. The van der Waals surface area contributed by atoms with Gasteiger partial charge in [-0.25, -0.2) is 0 Å². The fourth-order valence-electron chi connectivity index (χ4n) is 3.70. The van der Waals surface area contributed by atoms with E-state index < -0.39 is 6.04 Å². The van der Waals surface area contributed by atoms with Crippen molar-refractivity contribution in [2.24, 2.45) is 5.92 Å². The first kappa shape index (κ1) is 22.0. The fraction of sp³-hybridized carbons (Fsp3) is 0.391. The predicted octanol–water partition coefficient (Wildman–Crippen LogP) is 3.92. The van der Waals surface area contributed by atoms with Gasteiger partial charge in [-0.2, -0.15) is 0 Å². The molecule has 0 fully saturated rings. The van der Waals surface area contributed by atoms with Crippen molar-refractivity contribution in [3.8, 4) is 11.5 Å². The van der Waals surface area contributed by atoms with E-state index >= 15 is 0 Å². The number of carbonyl (C=O) groups is 2. The third kappa shape index (κ3) is 4.87. The fourth-order valence-corrected chi connectivity index (χ4v) is 3.89. The van der Waals surface area contributed by atoms with E-state index in [4.69, 9.17) is 21.1 Å². The minimum Gasteiger partial charge on any atom is -0.497 e. The number of hydrogen-bond donors (Lipinski definition) is 2. The molecule has 7 heteroatoms. The average Bonchev–Trinajstić information content (AvgIpc) is 3.12. The van der Waals surface area contributed by atoms with Crippen molar-refractivity contribution < 1.29 is 19.1 Å². The minimum atomic E-state index is -0.675. The van der Waals surface area contributed by atoms with Crippen LogP contribution in [0.1, 0.15) is 47.8 Å². The van der Waals surface area contributed by atoms with E-state index in [1.54, 1.807) is 18.2 Å². The highest BCUT2D eigenvalue weighted by molar-refractivity contribution is 6.30. The summed E-state index contributed by atoms with van der Waals surface area (Å²) in [5, 5.41) is 6.65. The summed E-state index contributed by atoms with van der Waals surface area (Å²) in [5.74, 6) is 0.353. The van der Waals surface area contributed by atoms with Crippen molar-refractivity contribution in [1.82, 2.24) is 10.6 Å². The Morgan fingerprint density at radius 1 is 1.07 bits per heavy atom. The summed E-state index contributed by atoms with van der Waals surface area (Å²) in [5.41, 5.74) is 2.60. The molecule has 160 valence electrons. The normalized spacial score (nSPS) is 16.0. The molecule has 2 unspecified atom stereocenters. The van der Waals surface area contributed by atoms with Crippen LogP contribution in [-0.4, -0.2) is 32.1 Å². The van der Waals surface area contributed by atoms with E-state index in [9.17, 15) is 9.59 Å². The van der Waals surface area contributed by atoms with Crippen LogP contribution in [0, 0.1) is 5.92 Å². The van der Waals surface area contributed by atoms with E-state index in [1.165, 1.54) is 14.2 Å². The summed E-state index contributed by atoms with van der Waals surface area (Å²) < 4.78 is 10.5. The van der Waals surface area contributed by atoms with Crippen LogP contribution in [-0.2, 0) is 11.2 Å². The largest absolute Gasteiger partial charge is 0.497 e. The van der Waals surface area contributed by atoms with Gasteiger partial charge >= 0.3 is 0 Å². The number of fused-ring (bicyclic) bond motifs is 1. The molecular formula is C23H27ClN2O4. The number of methoxy groups -OCH3 is 2. The number of benzene rings is 2. The van der Waals surface area contributed by atoms with E-state index in [2.05, 4.69) is 10.6 Å². The highest BCUT2D eigenvalue weighted by atomic mass is 35.5. The van der Waals surface area contributed by atoms with Crippen molar-refractivity contribution in [3.63, 3.8) is 0 Å². The number of halogens is 1. The van der Waals surface area contributed by atoms with E-state index in [0.29, 0.717) is 22.1 Å². The van der Waals surface area contributed by atoms with Crippen molar-refractivity contribution in [3.05, 3.63) is 58.1 Å². The van der Waals surface area contributed by atoms with Gasteiger partial charge in [0.05, 0.1) is 20.3 Å². The van der Waals surface area contributed by atoms with Crippen LogP contribution in [0.5, 0.6) is 11.5 Å². The van der Waals surface area contributed by atoms with Crippen LogP contribution < -0.4 is 20.1 Å². The van der Waals surface area contributed by atoms with Gasteiger partial charge in [0.15, 0.2) is 0 Å². The molecule has 1 aliphatic rings. The molecule has 0 heterocycles. The van der Waals surface area contributed by atoms with Crippen molar-refractivity contribution in [2.75, 3.05) is 14.2 Å². The van der Waals surface area contributed by atoms with Gasteiger partial charge in [-0.1, -0.05) is 31.5 Å². The Hall–Kier alpha value is -2.73. The summed E-state index contributed by atoms with van der Waals surface area (Å²) >= 11 is 6.07. The van der Waals surface area contributed by atoms with Gasteiger partial charge in [0, 0.05) is 16.7 Å². The first-order chi connectivity index (χ1) is 14.3. The van der Waals surface area contributed by atoms with Crippen LogP contribution in [0.4, 0.5) is 0 Å². The zero-order valence-electron chi connectivity index (χ0n) is 17.6. The number of hydrogen-bond acceptors (Lipinski definition) is 4. The van der Waals surface area contributed by atoms with Crippen LogP contribution >= 0.6 is 11.6 Å². The molecule has 0 aliphatic heterocycles. The molecule has 2 N–H and O–H groups in total. The Labute approximate surface area is 181 Å². The highest BCUT2D eigenvalue weighted by Gasteiger charge is 2.30. The Morgan fingerprint density at radius 3 is 2.33 bits per heavy atom. The van der Waals surface area contributed by atoms with Gasteiger partial charge in [0.2, 0.25) is 5.91 Å². The topological polar surface area (TPSA) is 76.7 Å². The molecule has 1 aliphatic carbocycles. The lowest BCUT2D eigenvalue weighted by atomic mass is 10.0. The Balaban J connectivity index is 1.74. The molecule has 3 rings (SSSR count). The first-order valence-electron chi connectivity index (χ1n) is 9.95. The predicted molar refractivity (Wildman–Crippen MR) is 116 cm³/mol. The second-order valence-corrected chi connectivity index (χ2v) is 8.18. The maximum Gasteiger partial charge on any atom is 0.252 e. The molecule has 0 spiro atoms. The molecule has 2 aromatic carbocycles. The Bertz CT molecular complexity index is 923. The number of rotatable bonds is 7. The van der Waals surface area contributed by atoms with E-state index in [0.717, 1.165) is 24.0 Å². The minimum absolute atomic E-state index is 0.0835. The summed E-state index contributed by atoms with van der Waals surface area (Å²) in [6.45, 7) is 3.80. The molecule has 6 nitrogen and oxygen atoms in total. The van der Waals surface area contributed by atoms with Gasteiger partial charge in [0.25, 0.3) is 5.91 Å². The molecule has 30 heavy (non-hydrogen) atoms. The molecule has 0 radical (unpaired) electrons. The average molecular weight is 431 g/mol. The zero-order chi connectivity index (χ0) is 21.8. The second kappa shape index (κ2) is 9.39. The van der Waals surface area contributed by atoms with Crippen LogP contribution in [0.25, 0.3) is 0 Å². The van der Waals surface area contributed by atoms with Crippen LogP contribution in [0.2, 0.25) is 5.02 Å². The standard InChI is InChI=1S/C23H27ClN2O4/c1-13(2)21(26-22(27)15-10-17(29-3)12-18(11-15)30-4)23(28)25-20-8-5-14-9-16(24)6-7-19(14)20/h6-7,9-13,20-21H,5,8H2,1-4H3,(H,25,28)(H,26,27). The second-order valence-electron chi connectivity index (χ2n) is 7.74. The van der Waals surface area contributed by atoms with Gasteiger partial charge in [0.1, 0.15) is 17.5 Å². The maximum atomic E-state index is 13.0. The molecule has 2 aromatic rings. The van der Waals surface area contributed by atoms with Gasteiger partial charge in [-0.15, -0.1) is 0 Å². The summed E-state index contributed by atoms with van der Waals surface area (Å²) in [4.78, 5) is 25.9. The molecule has 0 saturated carbocycles. The molecule has 0 saturated heterocycles. The first-order valence-corrected chi connectivity index (χ1v) is 10.3. The van der Waals surface area contributed by atoms with E-state index in [1.807, 2.05) is 32.0 Å². The molecule has 0 bridgehead atoms. The molecule has 0 aromatic heterocycles. The molecule has 2 amide bonds. The number of carbonyl (C=O) groups excluding carboxylic acids is 2. The number of aryl methyl sites for hydroxylation is 1. The van der Waals surface area contributed by atoms with Gasteiger partial charge in [-0.3, -0.25) is 9.59 Å². The smallest absolute Gasteiger partial charge is 0.252 e. The van der Waals surface area contributed by atoms with Crippen molar-refractivity contribution >= 4 is 23.4 Å². The lowest BCUT2D eigenvalue weighted by Gasteiger charge is -2.24. The van der Waals surface area contributed by atoms with E-state index in [-0.39, 0.29) is 23.8 Å². The quantitative estimate of drug-likeness (QED) is 0.698. The number of ether oxygens (including phenoxy) is 2. The van der Waals surface area contributed by atoms with Crippen LogP contribution in [0.15, 0.2) is 36.4 Å². The SMILES string of the molecule is COc1cc(OC)cc(C(=O)NC(C(=O)NC2CCc3cc(Cl)ccc32)C(C)C)c1. The zero-order valence-corrected chi connectivity index (χ0v) is 18.4. The van der Waals surface area contributed by atoms with Gasteiger partial charge in [-0.05, 0) is 54.2 Å². The lowest BCUT2D eigenvalue weighted by Crippen LogP contribution is -2.50. The Kier molecular flexibility index (Phi) is 6.87.